The van der Waals surface area contributed by atoms with Crippen LogP contribution in [-0.2, 0) is 9.59 Å². The molecule has 0 bridgehead atoms. The Hall–Kier alpha value is -1.52. The Morgan fingerprint density at radius 2 is 2.05 bits per heavy atom. The highest BCUT2D eigenvalue weighted by molar-refractivity contribution is 6.35. The third-order valence-electron chi connectivity index (χ3n) is 2.63. The number of halogens is 2. The molecule has 0 saturated carbocycles. The van der Waals surface area contributed by atoms with Crippen LogP contribution in [0.5, 0.6) is 0 Å². The molecule has 0 aromatic heterocycles. The quantitative estimate of drug-likeness (QED) is 0.819. The van der Waals surface area contributed by atoms with Crippen molar-refractivity contribution in [3.63, 3.8) is 0 Å². The molecule has 0 radical (unpaired) electrons. The smallest absolute Gasteiger partial charge is 0.303 e. The zero-order valence-electron chi connectivity index (χ0n) is 11.0. The van der Waals surface area contributed by atoms with Crippen molar-refractivity contribution in [2.24, 2.45) is 0 Å². The Morgan fingerprint density at radius 1 is 1.35 bits per heavy atom. The standard InChI is InChI=1S/C14H15Cl2NO3/c1-17(8-2-3-14(19)20)13(18)7-5-10-4-6-11(15)9-12(10)16/h4-7,9H,2-3,8H2,1H3,(H,19,20)/b7-5+. The SMILES string of the molecule is CN(CCCC(=O)O)C(=O)/C=C/c1ccc(Cl)cc1Cl. The molecule has 1 N–H and O–H groups in total. The first kappa shape index (κ1) is 16.5. The topological polar surface area (TPSA) is 57.6 Å². The van der Waals surface area contributed by atoms with Crippen LogP contribution in [-0.4, -0.2) is 35.5 Å². The number of carbonyl (C=O) groups is 2. The average molecular weight is 316 g/mol. The van der Waals surface area contributed by atoms with Gasteiger partial charge in [0.2, 0.25) is 5.91 Å². The van der Waals surface area contributed by atoms with Crippen LogP contribution in [0.4, 0.5) is 0 Å². The maximum Gasteiger partial charge on any atom is 0.303 e. The summed E-state index contributed by atoms with van der Waals surface area (Å²) < 4.78 is 0. The molecule has 0 aliphatic carbocycles. The minimum atomic E-state index is -0.866. The molecule has 1 rings (SSSR count). The van der Waals surface area contributed by atoms with Crippen molar-refractivity contribution in [3.8, 4) is 0 Å². The zero-order chi connectivity index (χ0) is 15.1. The predicted octanol–water partition coefficient (Wildman–Crippen LogP) is 3.33. The van der Waals surface area contributed by atoms with Crippen LogP contribution in [0.2, 0.25) is 10.0 Å². The molecular formula is C14H15Cl2NO3. The lowest BCUT2D eigenvalue weighted by Crippen LogP contribution is -2.26. The molecule has 1 amide bonds. The molecule has 0 saturated heterocycles. The zero-order valence-corrected chi connectivity index (χ0v) is 12.5. The van der Waals surface area contributed by atoms with Gasteiger partial charge in [-0.15, -0.1) is 0 Å². The summed E-state index contributed by atoms with van der Waals surface area (Å²) in [5.41, 5.74) is 0.698. The van der Waals surface area contributed by atoms with Crippen LogP contribution >= 0.6 is 23.2 Å². The minimum absolute atomic E-state index is 0.0460. The molecule has 0 unspecified atom stereocenters. The van der Waals surface area contributed by atoms with Crippen LogP contribution in [0.3, 0.4) is 0 Å². The summed E-state index contributed by atoms with van der Waals surface area (Å²) in [6.07, 6.45) is 3.47. The molecule has 0 aliphatic heterocycles. The normalized spacial score (nSPS) is 10.8. The first-order valence-electron chi connectivity index (χ1n) is 6.00. The van der Waals surface area contributed by atoms with Crippen molar-refractivity contribution in [2.45, 2.75) is 12.8 Å². The summed E-state index contributed by atoms with van der Waals surface area (Å²) in [6, 6.07) is 5.01. The van der Waals surface area contributed by atoms with Gasteiger partial charge in [0, 0.05) is 36.1 Å². The molecule has 0 aliphatic rings. The fourth-order valence-electron chi connectivity index (χ4n) is 1.50. The second kappa shape index (κ2) is 7.92. The number of hydrogen-bond acceptors (Lipinski definition) is 2. The molecule has 4 nitrogen and oxygen atoms in total. The lowest BCUT2D eigenvalue weighted by Gasteiger charge is -2.14. The van der Waals surface area contributed by atoms with E-state index in [4.69, 9.17) is 28.3 Å². The Bertz CT molecular complexity index is 529. The Morgan fingerprint density at radius 3 is 2.65 bits per heavy atom. The van der Waals surface area contributed by atoms with Gasteiger partial charge in [0.05, 0.1) is 0 Å². The number of rotatable bonds is 6. The van der Waals surface area contributed by atoms with Gasteiger partial charge in [0.25, 0.3) is 0 Å². The fourth-order valence-corrected chi connectivity index (χ4v) is 1.97. The molecule has 1 aromatic rings. The van der Waals surface area contributed by atoms with Gasteiger partial charge >= 0.3 is 5.97 Å². The van der Waals surface area contributed by atoms with Gasteiger partial charge < -0.3 is 10.0 Å². The van der Waals surface area contributed by atoms with Crippen LogP contribution in [0.25, 0.3) is 6.08 Å². The van der Waals surface area contributed by atoms with Crippen LogP contribution in [0.15, 0.2) is 24.3 Å². The number of hydrogen-bond donors (Lipinski definition) is 1. The number of carbonyl (C=O) groups excluding carboxylic acids is 1. The van der Waals surface area contributed by atoms with E-state index in [1.807, 2.05) is 0 Å². The molecule has 6 heteroatoms. The highest BCUT2D eigenvalue weighted by Gasteiger charge is 2.06. The van der Waals surface area contributed by atoms with E-state index in [0.29, 0.717) is 28.6 Å². The van der Waals surface area contributed by atoms with Crippen molar-refractivity contribution < 1.29 is 14.7 Å². The van der Waals surface area contributed by atoms with Crippen LogP contribution < -0.4 is 0 Å². The molecule has 0 heterocycles. The lowest BCUT2D eigenvalue weighted by molar-refractivity contribution is -0.137. The Labute approximate surface area is 127 Å². The third-order valence-corrected chi connectivity index (χ3v) is 3.19. The van der Waals surface area contributed by atoms with E-state index < -0.39 is 5.97 Å². The number of likely N-dealkylation sites (N-methyl/N-ethyl adjacent to an activating group) is 1. The van der Waals surface area contributed by atoms with E-state index in [0.717, 1.165) is 0 Å². The Balaban J connectivity index is 2.56. The van der Waals surface area contributed by atoms with E-state index in [-0.39, 0.29) is 12.3 Å². The molecule has 0 atom stereocenters. The summed E-state index contributed by atoms with van der Waals surface area (Å²) in [6.45, 7) is 0.393. The number of aliphatic carboxylic acids is 1. The summed E-state index contributed by atoms with van der Waals surface area (Å²) in [7, 11) is 1.62. The maximum absolute atomic E-state index is 11.8. The number of nitrogens with zero attached hydrogens (tertiary/aromatic N) is 1. The fraction of sp³-hybridized carbons (Fsp3) is 0.286. The highest BCUT2D eigenvalue weighted by Crippen LogP contribution is 2.21. The Kier molecular flexibility index (Phi) is 6.55. The van der Waals surface area contributed by atoms with Crippen molar-refractivity contribution in [1.29, 1.82) is 0 Å². The molecule has 0 spiro atoms. The van der Waals surface area contributed by atoms with Crippen molar-refractivity contribution in [3.05, 3.63) is 39.9 Å². The van der Waals surface area contributed by atoms with Gasteiger partial charge in [-0.25, -0.2) is 0 Å². The molecule has 0 fully saturated rings. The number of carboxylic acid groups (broad SMARTS) is 1. The first-order chi connectivity index (χ1) is 9.40. The van der Waals surface area contributed by atoms with E-state index in [2.05, 4.69) is 0 Å². The van der Waals surface area contributed by atoms with Gasteiger partial charge in [-0.05, 0) is 30.2 Å². The largest absolute Gasteiger partial charge is 0.481 e. The van der Waals surface area contributed by atoms with E-state index in [1.165, 1.54) is 11.0 Å². The molecular weight excluding hydrogens is 301 g/mol. The predicted molar refractivity (Wildman–Crippen MR) is 80.0 cm³/mol. The van der Waals surface area contributed by atoms with Crippen LogP contribution in [0, 0.1) is 0 Å². The number of benzene rings is 1. The molecule has 1 aromatic carbocycles. The summed E-state index contributed by atoms with van der Waals surface area (Å²) in [4.78, 5) is 23.6. The van der Waals surface area contributed by atoms with Gasteiger partial charge in [-0.2, -0.15) is 0 Å². The third kappa shape index (κ3) is 5.63. The summed E-state index contributed by atoms with van der Waals surface area (Å²) >= 11 is 11.8. The van der Waals surface area contributed by atoms with E-state index in [1.54, 1.807) is 31.3 Å². The second-order valence-corrected chi connectivity index (χ2v) is 5.10. The highest BCUT2D eigenvalue weighted by atomic mass is 35.5. The van der Waals surface area contributed by atoms with Gasteiger partial charge in [-0.1, -0.05) is 29.3 Å². The van der Waals surface area contributed by atoms with Gasteiger partial charge in [0.15, 0.2) is 0 Å². The maximum atomic E-state index is 11.8. The van der Waals surface area contributed by atoms with E-state index >= 15 is 0 Å². The summed E-state index contributed by atoms with van der Waals surface area (Å²) in [5, 5.41) is 9.53. The van der Waals surface area contributed by atoms with Gasteiger partial charge in [0.1, 0.15) is 0 Å². The van der Waals surface area contributed by atoms with Crippen molar-refractivity contribution >= 4 is 41.2 Å². The second-order valence-electron chi connectivity index (χ2n) is 4.26. The number of carboxylic acids is 1. The van der Waals surface area contributed by atoms with Crippen LogP contribution in [0.1, 0.15) is 18.4 Å². The number of amides is 1. The minimum Gasteiger partial charge on any atom is -0.481 e. The first-order valence-corrected chi connectivity index (χ1v) is 6.76. The summed E-state index contributed by atoms with van der Waals surface area (Å²) in [5.74, 6) is -1.07. The molecule has 20 heavy (non-hydrogen) atoms. The van der Waals surface area contributed by atoms with Crippen molar-refractivity contribution in [2.75, 3.05) is 13.6 Å². The van der Waals surface area contributed by atoms with E-state index in [9.17, 15) is 9.59 Å². The van der Waals surface area contributed by atoms with Gasteiger partial charge in [-0.3, -0.25) is 9.59 Å². The average Bonchev–Trinajstić information content (AvgIpc) is 2.36. The monoisotopic (exact) mass is 315 g/mol. The lowest BCUT2D eigenvalue weighted by atomic mass is 10.2. The molecule has 108 valence electrons. The van der Waals surface area contributed by atoms with Crippen molar-refractivity contribution in [1.82, 2.24) is 4.90 Å².